The van der Waals surface area contributed by atoms with E-state index < -0.39 is 5.82 Å². The van der Waals surface area contributed by atoms with E-state index in [-0.39, 0.29) is 5.02 Å². The van der Waals surface area contributed by atoms with Gasteiger partial charge in [0.2, 0.25) is 0 Å². The molecule has 0 aliphatic carbocycles. The number of nitrogens with one attached hydrogen (secondary N) is 1. The number of H-pyrrole nitrogens is 1. The molecule has 1 N–H and O–H groups in total. The van der Waals surface area contributed by atoms with Crippen LogP contribution in [0.5, 0.6) is 0 Å². The number of aromatic nitrogens is 2. The molecule has 0 saturated heterocycles. The van der Waals surface area contributed by atoms with E-state index in [0.717, 1.165) is 5.69 Å². The Kier molecular flexibility index (Phi) is 4.32. The average molecular weight is 297 g/mol. The molecule has 100 valence electrons. The van der Waals surface area contributed by atoms with Crippen LogP contribution in [0.25, 0.3) is 0 Å². The molecule has 0 bridgehead atoms. The van der Waals surface area contributed by atoms with Crippen LogP contribution < -0.4 is 0 Å². The van der Waals surface area contributed by atoms with E-state index in [9.17, 15) is 4.39 Å². The Balaban J connectivity index is 2.38. The predicted octanol–water partition coefficient (Wildman–Crippen LogP) is 4.65. The summed E-state index contributed by atoms with van der Waals surface area (Å²) in [5.41, 5.74) is 1.50. The Labute approximate surface area is 121 Å². The summed E-state index contributed by atoms with van der Waals surface area (Å²) in [6.45, 7) is 4.12. The van der Waals surface area contributed by atoms with Gasteiger partial charge in [-0.15, -0.1) is 0 Å². The highest BCUT2D eigenvalue weighted by molar-refractivity contribution is 7.71. The lowest BCUT2D eigenvalue weighted by atomic mass is 10.1. The van der Waals surface area contributed by atoms with Gasteiger partial charge in [0.1, 0.15) is 16.3 Å². The van der Waals surface area contributed by atoms with Crippen LogP contribution in [0.15, 0.2) is 24.3 Å². The summed E-state index contributed by atoms with van der Waals surface area (Å²) < 4.78 is 14.4. The summed E-state index contributed by atoms with van der Waals surface area (Å²) in [6.07, 6.45) is 0.344. The molecule has 5 heteroatoms. The molecule has 0 atom stereocenters. The van der Waals surface area contributed by atoms with E-state index in [2.05, 4.69) is 23.8 Å². The summed E-state index contributed by atoms with van der Waals surface area (Å²) in [4.78, 5) is 7.42. The number of aromatic amines is 1. The molecular formula is C14H14ClFN2S. The number of halogens is 2. The van der Waals surface area contributed by atoms with E-state index in [4.69, 9.17) is 23.8 Å². The van der Waals surface area contributed by atoms with Gasteiger partial charge in [0.25, 0.3) is 0 Å². The van der Waals surface area contributed by atoms with Gasteiger partial charge in [0.05, 0.1) is 5.02 Å². The van der Waals surface area contributed by atoms with Crippen molar-refractivity contribution in [3.8, 4) is 0 Å². The van der Waals surface area contributed by atoms with Crippen LogP contribution in [0, 0.1) is 10.5 Å². The van der Waals surface area contributed by atoms with Crippen LogP contribution in [0.3, 0.4) is 0 Å². The SMILES string of the molecule is CC(C)c1cc(=S)nc(Cc2cccc(Cl)c2F)[nH]1. The fourth-order valence-corrected chi connectivity index (χ4v) is 2.22. The van der Waals surface area contributed by atoms with Crippen molar-refractivity contribution < 1.29 is 4.39 Å². The molecule has 0 unspecified atom stereocenters. The first kappa shape index (κ1) is 14.2. The number of hydrogen-bond acceptors (Lipinski definition) is 2. The molecule has 1 heterocycles. The first-order valence-corrected chi connectivity index (χ1v) is 6.79. The molecule has 0 radical (unpaired) electrons. The van der Waals surface area contributed by atoms with E-state index >= 15 is 0 Å². The summed E-state index contributed by atoms with van der Waals surface area (Å²) in [6, 6.07) is 6.78. The Hall–Kier alpha value is -1.26. The summed E-state index contributed by atoms with van der Waals surface area (Å²) in [7, 11) is 0. The van der Waals surface area contributed by atoms with Gasteiger partial charge in [-0.3, -0.25) is 0 Å². The maximum absolute atomic E-state index is 13.8. The van der Waals surface area contributed by atoms with Crippen molar-refractivity contribution in [2.45, 2.75) is 26.2 Å². The third kappa shape index (κ3) is 3.39. The molecule has 0 saturated carbocycles. The third-order valence-corrected chi connectivity index (χ3v) is 3.33. The van der Waals surface area contributed by atoms with E-state index in [1.165, 1.54) is 6.07 Å². The van der Waals surface area contributed by atoms with Gasteiger partial charge in [0, 0.05) is 12.1 Å². The van der Waals surface area contributed by atoms with Gasteiger partial charge in [-0.2, -0.15) is 0 Å². The highest BCUT2D eigenvalue weighted by Crippen LogP contribution is 2.20. The monoisotopic (exact) mass is 296 g/mol. The molecule has 0 amide bonds. The summed E-state index contributed by atoms with van der Waals surface area (Å²) in [5.74, 6) is 0.560. The topological polar surface area (TPSA) is 28.7 Å². The molecule has 2 nitrogen and oxygen atoms in total. The largest absolute Gasteiger partial charge is 0.347 e. The minimum atomic E-state index is -0.403. The second kappa shape index (κ2) is 5.80. The van der Waals surface area contributed by atoms with Crippen molar-refractivity contribution in [1.82, 2.24) is 9.97 Å². The highest BCUT2D eigenvalue weighted by atomic mass is 35.5. The van der Waals surface area contributed by atoms with Crippen LogP contribution in [0.2, 0.25) is 5.02 Å². The molecule has 2 aromatic rings. The van der Waals surface area contributed by atoms with Gasteiger partial charge >= 0.3 is 0 Å². The molecule has 1 aromatic carbocycles. The van der Waals surface area contributed by atoms with Crippen molar-refractivity contribution in [1.29, 1.82) is 0 Å². The van der Waals surface area contributed by atoms with Crippen LogP contribution in [0.1, 0.15) is 36.8 Å². The van der Waals surface area contributed by atoms with Gasteiger partial charge in [-0.25, -0.2) is 9.37 Å². The zero-order valence-corrected chi connectivity index (χ0v) is 12.3. The molecule has 0 aliphatic rings. The maximum Gasteiger partial charge on any atom is 0.145 e. The molecule has 0 aliphatic heterocycles. The van der Waals surface area contributed by atoms with Gasteiger partial charge in [-0.1, -0.05) is 49.8 Å². The maximum atomic E-state index is 13.8. The number of nitrogens with zero attached hydrogens (tertiary/aromatic N) is 1. The molecule has 2 rings (SSSR count). The number of rotatable bonds is 3. The second-order valence-electron chi connectivity index (χ2n) is 4.67. The Bertz CT molecular complexity index is 652. The fourth-order valence-electron chi connectivity index (χ4n) is 1.79. The molecular weight excluding hydrogens is 283 g/mol. The van der Waals surface area contributed by atoms with Crippen molar-refractivity contribution in [3.63, 3.8) is 0 Å². The zero-order valence-electron chi connectivity index (χ0n) is 10.7. The number of benzene rings is 1. The van der Waals surface area contributed by atoms with E-state index in [0.29, 0.717) is 28.4 Å². The average Bonchev–Trinajstić information content (AvgIpc) is 2.34. The lowest BCUT2D eigenvalue weighted by molar-refractivity contribution is 0.612. The lowest BCUT2D eigenvalue weighted by Gasteiger charge is -2.09. The summed E-state index contributed by atoms with van der Waals surface area (Å²) in [5, 5.41) is 0.121. The highest BCUT2D eigenvalue weighted by Gasteiger charge is 2.09. The van der Waals surface area contributed by atoms with Gasteiger partial charge in [0.15, 0.2) is 0 Å². The van der Waals surface area contributed by atoms with Crippen LogP contribution in [-0.2, 0) is 6.42 Å². The standard InChI is InChI=1S/C14H14ClFN2S/c1-8(2)11-7-13(19)18-12(17-11)6-9-4-3-5-10(15)14(9)16/h3-5,7-8H,6H2,1-2H3,(H,17,18,19). The second-order valence-corrected chi connectivity index (χ2v) is 5.49. The Morgan fingerprint density at radius 1 is 1.42 bits per heavy atom. The van der Waals surface area contributed by atoms with Crippen LogP contribution in [-0.4, -0.2) is 9.97 Å². The molecule has 0 spiro atoms. The van der Waals surface area contributed by atoms with Crippen molar-refractivity contribution in [2.24, 2.45) is 0 Å². The van der Waals surface area contributed by atoms with Crippen molar-refractivity contribution in [3.05, 3.63) is 56.8 Å². The minimum Gasteiger partial charge on any atom is -0.347 e. The summed E-state index contributed by atoms with van der Waals surface area (Å²) >= 11 is 10.9. The smallest absolute Gasteiger partial charge is 0.145 e. The third-order valence-electron chi connectivity index (χ3n) is 2.82. The number of hydrogen-bond donors (Lipinski definition) is 1. The fraction of sp³-hybridized carbons (Fsp3) is 0.286. The van der Waals surface area contributed by atoms with Crippen LogP contribution in [0.4, 0.5) is 4.39 Å². The van der Waals surface area contributed by atoms with Crippen molar-refractivity contribution >= 4 is 23.8 Å². The molecule has 19 heavy (non-hydrogen) atoms. The van der Waals surface area contributed by atoms with E-state index in [1.807, 2.05) is 6.07 Å². The quantitative estimate of drug-likeness (QED) is 0.836. The zero-order chi connectivity index (χ0) is 14.0. The van der Waals surface area contributed by atoms with Gasteiger partial charge < -0.3 is 4.98 Å². The van der Waals surface area contributed by atoms with Crippen LogP contribution >= 0.6 is 23.8 Å². The molecule has 0 fully saturated rings. The first-order chi connectivity index (χ1) is 8.97. The predicted molar refractivity (Wildman–Crippen MR) is 77.7 cm³/mol. The normalized spacial score (nSPS) is 11.0. The van der Waals surface area contributed by atoms with Gasteiger partial charge in [-0.05, 0) is 23.6 Å². The van der Waals surface area contributed by atoms with Crippen molar-refractivity contribution in [2.75, 3.05) is 0 Å². The molecule has 1 aromatic heterocycles. The van der Waals surface area contributed by atoms with E-state index in [1.54, 1.807) is 12.1 Å². The minimum absolute atomic E-state index is 0.121. The lowest BCUT2D eigenvalue weighted by Crippen LogP contribution is -2.03. The first-order valence-electron chi connectivity index (χ1n) is 6.00. The Morgan fingerprint density at radius 2 is 2.16 bits per heavy atom. The Morgan fingerprint density at radius 3 is 2.84 bits per heavy atom.